The number of rotatable bonds is 6. The summed E-state index contributed by atoms with van der Waals surface area (Å²) in [5.74, 6) is 0.623. The zero-order chi connectivity index (χ0) is 17.9. The number of nitrogens with one attached hydrogen (secondary N) is 2. The molecule has 1 aromatic carbocycles. The molecule has 1 aliphatic carbocycles. The Labute approximate surface area is 150 Å². The van der Waals surface area contributed by atoms with Crippen LogP contribution in [0, 0.1) is 0 Å². The largest absolute Gasteiger partial charge is 0.351 e. The molecule has 0 spiro atoms. The number of carbonyl (C=O) groups is 1. The third kappa shape index (κ3) is 3.56. The Morgan fingerprint density at radius 2 is 2.04 bits per heavy atom. The van der Waals surface area contributed by atoms with Gasteiger partial charge < -0.3 is 10.3 Å². The molecule has 0 unspecified atom stereocenters. The summed E-state index contributed by atoms with van der Waals surface area (Å²) in [6, 6.07) is 9.82. The second-order valence-corrected chi connectivity index (χ2v) is 6.42. The van der Waals surface area contributed by atoms with E-state index in [4.69, 9.17) is 0 Å². The van der Waals surface area contributed by atoms with Crippen LogP contribution in [0.2, 0.25) is 0 Å². The second-order valence-electron chi connectivity index (χ2n) is 6.42. The molecule has 2 heterocycles. The second kappa shape index (κ2) is 6.95. The molecule has 1 saturated carbocycles. The van der Waals surface area contributed by atoms with E-state index >= 15 is 0 Å². The smallest absolute Gasteiger partial charge is 0.263 e. The van der Waals surface area contributed by atoms with Crippen molar-refractivity contribution in [2.24, 2.45) is 0 Å². The summed E-state index contributed by atoms with van der Waals surface area (Å²) in [6.07, 6.45) is 7.80. The molecule has 1 amide bonds. The van der Waals surface area contributed by atoms with Gasteiger partial charge in [-0.05, 0) is 37.0 Å². The van der Waals surface area contributed by atoms with E-state index < -0.39 is 5.91 Å². The van der Waals surface area contributed by atoms with Crippen LogP contribution >= 0.6 is 0 Å². The Balaban J connectivity index is 1.34. The van der Waals surface area contributed by atoms with E-state index in [1.807, 2.05) is 36.5 Å². The molecule has 0 saturated heterocycles. The normalized spacial score (nSPS) is 13.5. The molecule has 0 radical (unpaired) electrons. The number of carbonyl (C=O) groups excluding carboxylic acids is 1. The number of para-hydroxylation sites is 1. The molecule has 7 heteroatoms. The van der Waals surface area contributed by atoms with Crippen molar-refractivity contribution >= 4 is 5.91 Å². The average Bonchev–Trinajstić information content (AvgIpc) is 3.41. The van der Waals surface area contributed by atoms with Crippen LogP contribution < -0.4 is 10.9 Å². The summed E-state index contributed by atoms with van der Waals surface area (Å²) in [5.41, 5.74) is 1.66. The summed E-state index contributed by atoms with van der Waals surface area (Å²) in [5, 5.41) is 7.09. The molecule has 26 heavy (non-hydrogen) atoms. The number of benzene rings is 1. The average molecular weight is 349 g/mol. The monoisotopic (exact) mass is 349 g/mol. The van der Waals surface area contributed by atoms with Gasteiger partial charge in [-0.2, -0.15) is 5.10 Å². The highest BCUT2D eigenvalue weighted by Gasteiger charge is 2.26. The van der Waals surface area contributed by atoms with Crippen molar-refractivity contribution in [1.29, 1.82) is 0 Å². The van der Waals surface area contributed by atoms with Gasteiger partial charge in [0.15, 0.2) is 0 Å². The van der Waals surface area contributed by atoms with Crippen LogP contribution in [0.15, 0.2) is 53.7 Å². The Kier molecular flexibility index (Phi) is 4.35. The molecule has 7 nitrogen and oxygen atoms in total. The zero-order valence-electron chi connectivity index (χ0n) is 14.2. The van der Waals surface area contributed by atoms with Gasteiger partial charge in [-0.15, -0.1) is 0 Å². The fraction of sp³-hybridized carbons (Fsp3) is 0.263. The van der Waals surface area contributed by atoms with Gasteiger partial charge >= 0.3 is 0 Å². The lowest BCUT2D eigenvalue weighted by molar-refractivity contribution is 0.0952. The highest BCUT2D eigenvalue weighted by molar-refractivity contribution is 5.93. The zero-order valence-corrected chi connectivity index (χ0v) is 14.2. The Hall–Kier alpha value is -3.22. The van der Waals surface area contributed by atoms with Gasteiger partial charge in [0, 0.05) is 24.9 Å². The van der Waals surface area contributed by atoms with Crippen LogP contribution in [-0.2, 0) is 6.42 Å². The maximum Gasteiger partial charge on any atom is 0.263 e. The molecule has 132 valence electrons. The molecule has 0 bridgehead atoms. The summed E-state index contributed by atoms with van der Waals surface area (Å²) >= 11 is 0. The van der Waals surface area contributed by atoms with Crippen molar-refractivity contribution in [2.75, 3.05) is 6.54 Å². The van der Waals surface area contributed by atoms with Gasteiger partial charge in [-0.1, -0.05) is 18.2 Å². The number of amides is 1. The molecular formula is C19H19N5O2. The van der Waals surface area contributed by atoms with E-state index in [9.17, 15) is 9.59 Å². The van der Waals surface area contributed by atoms with Crippen molar-refractivity contribution in [1.82, 2.24) is 25.1 Å². The van der Waals surface area contributed by atoms with Crippen molar-refractivity contribution < 1.29 is 4.79 Å². The van der Waals surface area contributed by atoms with E-state index in [1.165, 1.54) is 6.20 Å². The number of hydrogen-bond donors (Lipinski definition) is 2. The van der Waals surface area contributed by atoms with E-state index in [-0.39, 0.29) is 11.1 Å². The minimum Gasteiger partial charge on any atom is -0.351 e. The summed E-state index contributed by atoms with van der Waals surface area (Å²) in [6.45, 7) is 0.420. The van der Waals surface area contributed by atoms with E-state index in [2.05, 4.69) is 20.4 Å². The Morgan fingerprint density at radius 3 is 2.77 bits per heavy atom. The minimum atomic E-state index is -0.406. The predicted octanol–water partition coefficient (Wildman–Crippen LogP) is 1.81. The highest BCUT2D eigenvalue weighted by Crippen LogP contribution is 2.37. The first-order valence-electron chi connectivity index (χ1n) is 8.67. The van der Waals surface area contributed by atoms with E-state index in [0.29, 0.717) is 24.7 Å². The van der Waals surface area contributed by atoms with Gasteiger partial charge in [-0.3, -0.25) is 9.59 Å². The SMILES string of the molecule is O=C(NCCc1cnn(-c2ccccc2)c1)c1cnc(C2CC2)[nH]c1=O. The fourth-order valence-electron chi connectivity index (χ4n) is 2.76. The first-order chi connectivity index (χ1) is 12.7. The minimum absolute atomic E-state index is 0.0504. The number of hydrogen-bond acceptors (Lipinski definition) is 4. The van der Waals surface area contributed by atoms with Gasteiger partial charge in [0.25, 0.3) is 11.5 Å². The van der Waals surface area contributed by atoms with Crippen LogP contribution in [0.5, 0.6) is 0 Å². The van der Waals surface area contributed by atoms with Crippen LogP contribution in [0.4, 0.5) is 0 Å². The summed E-state index contributed by atoms with van der Waals surface area (Å²) in [7, 11) is 0. The molecule has 1 aliphatic rings. The van der Waals surface area contributed by atoms with Crippen LogP contribution in [0.3, 0.4) is 0 Å². The molecule has 0 atom stereocenters. The summed E-state index contributed by atoms with van der Waals surface area (Å²) < 4.78 is 1.79. The molecular weight excluding hydrogens is 330 g/mol. The van der Waals surface area contributed by atoms with Crippen LogP contribution in [-0.4, -0.2) is 32.2 Å². The Morgan fingerprint density at radius 1 is 1.23 bits per heavy atom. The molecule has 4 rings (SSSR count). The first-order valence-corrected chi connectivity index (χ1v) is 8.67. The Bertz CT molecular complexity index is 973. The standard InChI is InChI=1S/C19H19N5O2/c25-18(16-11-21-17(14-6-7-14)23-19(16)26)20-9-8-13-10-22-24(12-13)15-4-2-1-3-5-15/h1-5,10-12,14H,6-9H2,(H,20,25)(H,21,23,26). The first kappa shape index (κ1) is 16.3. The third-order valence-corrected chi connectivity index (χ3v) is 4.38. The number of aromatic nitrogens is 4. The van der Waals surface area contributed by atoms with Crippen LogP contribution in [0.1, 0.15) is 40.5 Å². The van der Waals surface area contributed by atoms with Crippen LogP contribution in [0.25, 0.3) is 5.69 Å². The molecule has 0 aliphatic heterocycles. The van der Waals surface area contributed by atoms with Crippen molar-refractivity contribution in [2.45, 2.75) is 25.2 Å². The molecule has 2 N–H and O–H groups in total. The molecule has 2 aromatic heterocycles. The van der Waals surface area contributed by atoms with Gasteiger partial charge in [0.2, 0.25) is 0 Å². The lowest BCUT2D eigenvalue weighted by Crippen LogP contribution is -2.31. The number of H-pyrrole nitrogens is 1. The van der Waals surface area contributed by atoms with Gasteiger partial charge in [0.05, 0.1) is 11.9 Å². The maximum atomic E-state index is 12.2. The van der Waals surface area contributed by atoms with Gasteiger partial charge in [-0.25, -0.2) is 9.67 Å². The quantitative estimate of drug-likeness (QED) is 0.710. The lowest BCUT2D eigenvalue weighted by Gasteiger charge is -2.04. The number of aromatic amines is 1. The third-order valence-electron chi connectivity index (χ3n) is 4.38. The van der Waals surface area contributed by atoms with Crippen molar-refractivity contribution in [3.8, 4) is 5.69 Å². The maximum absolute atomic E-state index is 12.2. The molecule has 3 aromatic rings. The predicted molar refractivity (Wildman–Crippen MR) is 96.4 cm³/mol. The summed E-state index contributed by atoms with van der Waals surface area (Å²) in [4.78, 5) is 31.1. The van der Waals surface area contributed by atoms with Gasteiger partial charge in [0.1, 0.15) is 11.4 Å². The molecule has 1 fully saturated rings. The van der Waals surface area contributed by atoms with Crippen molar-refractivity contribution in [3.63, 3.8) is 0 Å². The van der Waals surface area contributed by atoms with E-state index in [1.54, 1.807) is 10.9 Å². The van der Waals surface area contributed by atoms with Crippen molar-refractivity contribution in [3.05, 3.63) is 76.2 Å². The number of nitrogens with zero attached hydrogens (tertiary/aromatic N) is 3. The highest BCUT2D eigenvalue weighted by atomic mass is 16.2. The fourth-order valence-corrected chi connectivity index (χ4v) is 2.76. The topological polar surface area (TPSA) is 92.7 Å². The lowest BCUT2D eigenvalue weighted by atomic mass is 10.2. The van der Waals surface area contributed by atoms with E-state index in [0.717, 1.165) is 24.1 Å².